The van der Waals surface area contributed by atoms with Crippen LogP contribution in [-0.2, 0) is 18.4 Å². The molecule has 0 bridgehead atoms. The lowest BCUT2D eigenvalue weighted by atomic mass is 9.88. The lowest BCUT2D eigenvalue weighted by Crippen LogP contribution is -2.38. The molecule has 2 aliphatic carbocycles. The van der Waals surface area contributed by atoms with Gasteiger partial charge in [0.15, 0.2) is 0 Å². The van der Waals surface area contributed by atoms with Crippen LogP contribution in [0.4, 0.5) is 0 Å². The maximum absolute atomic E-state index is 12.7. The van der Waals surface area contributed by atoms with Crippen molar-refractivity contribution in [2.45, 2.75) is 57.5 Å². The molecule has 0 atom stereocenters. The zero-order valence-electron chi connectivity index (χ0n) is 11.8. The van der Waals surface area contributed by atoms with Crippen LogP contribution in [0.25, 0.3) is 0 Å². The summed E-state index contributed by atoms with van der Waals surface area (Å²) in [6.07, 6.45) is 10.4. The molecule has 0 N–H and O–H groups in total. The van der Waals surface area contributed by atoms with Crippen LogP contribution in [0.3, 0.4) is 0 Å². The van der Waals surface area contributed by atoms with Gasteiger partial charge in [-0.25, -0.2) is 0 Å². The topological polar surface area (TPSA) is 25.2 Å². The average molecular weight is 260 g/mol. The number of carbonyl (C=O) groups is 1. The molecule has 0 aliphatic heterocycles. The molecule has 0 radical (unpaired) electrons. The third kappa shape index (κ3) is 2.85. The van der Waals surface area contributed by atoms with Crippen LogP contribution in [0.15, 0.2) is 18.3 Å². The molecule has 19 heavy (non-hydrogen) atoms. The van der Waals surface area contributed by atoms with Gasteiger partial charge in [-0.3, -0.25) is 4.79 Å². The highest BCUT2D eigenvalue weighted by molar-refractivity contribution is 5.79. The minimum Gasteiger partial charge on any atom is -0.353 e. The number of hydrogen-bond donors (Lipinski definition) is 0. The molecule has 3 nitrogen and oxygen atoms in total. The molecular weight excluding hydrogens is 236 g/mol. The summed E-state index contributed by atoms with van der Waals surface area (Å²) in [4.78, 5) is 14.9. The second-order valence-electron chi connectivity index (χ2n) is 6.14. The Morgan fingerprint density at radius 3 is 2.58 bits per heavy atom. The summed E-state index contributed by atoms with van der Waals surface area (Å²) in [7, 11) is 2.06. The molecule has 2 fully saturated rings. The maximum Gasteiger partial charge on any atom is 0.226 e. The largest absolute Gasteiger partial charge is 0.353 e. The Bertz CT molecular complexity index is 441. The van der Waals surface area contributed by atoms with E-state index in [1.807, 2.05) is 0 Å². The summed E-state index contributed by atoms with van der Waals surface area (Å²) in [6, 6.07) is 4.71. The van der Waals surface area contributed by atoms with E-state index in [-0.39, 0.29) is 0 Å². The predicted molar refractivity (Wildman–Crippen MR) is 75.6 cm³/mol. The third-order valence-corrected chi connectivity index (χ3v) is 4.61. The molecule has 2 saturated carbocycles. The molecule has 0 spiro atoms. The van der Waals surface area contributed by atoms with Gasteiger partial charge in [0.25, 0.3) is 0 Å². The van der Waals surface area contributed by atoms with Gasteiger partial charge in [-0.2, -0.15) is 0 Å². The highest BCUT2D eigenvalue weighted by Gasteiger charge is 2.36. The van der Waals surface area contributed by atoms with Crippen LogP contribution < -0.4 is 0 Å². The van der Waals surface area contributed by atoms with Crippen molar-refractivity contribution in [2.75, 3.05) is 0 Å². The van der Waals surface area contributed by atoms with E-state index < -0.39 is 0 Å². The van der Waals surface area contributed by atoms with E-state index in [1.165, 1.54) is 37.8 Å². The Kier molecular flexibility index (Phi) is 3.63. The lowest BCUT2D eigenvalue weighted by molar-refractivity contribution is -0.137. The van der Waals surface area contributed by atoms with Crippen LogP contribution in [0, 0.1) is 5.92 Å². The molecule has 0 saturated heterocycles. The number of rotatable bonds is 4. The van der Waals surface area contributed by atoms with E-state index in [4.69, 9.17) is 0 Å². The van der Waals surface area contributed by atoms with Gasteiger partial charge < -0.3 is 9.47 Å². The Morgan fingerprint density at radius 2 is 2.00 bits per heavy atom. The van der Waals surface area contributed by atoms with E-state index in [1.54, 1.807) is 0 Å². The summed E-state index contributed by atoms with van der Waals surface area (Å²) in [5.41, 5.74) is 1.25. The van der Waals surface area contributed by atoms with Crippen molar-refractivity contribution in [3.8, 4) is 0 Å². The third-order valence-electron chi connectivity index (χ3n) is 4.61. The minimum absolute atomic E-state index is 0.301. The Balaban J connectivity index is 1.70. The number of aromatic nitrogens is 1. The second-order valence-corrected chi connectivity index (χ2v) is 6.14. The molecular formula is C16H24N2O. The first kappa shape index (κ1) is 12.8. The van der Waals surface area contributed by atoms with E-state index in [2.05, 4.69) is 34.8 Å². The first-order valence-electron chi connectivity index (χ1n) is 7.66. The number of hydrogen-bond acceptors (Lipinski definition) is 1. The normalized spacial score (nSPS) is 20.5. The van der Waals surface area contributed by atoms with Gasteiger partial charge in [0.05, 0.1) is 6.54 Å². The highest BCUT2D eigenvalue weighted by atomic mass is 16.2. The monoisotopic (exact) mass is 260 g/mol. The average Bonchev–Trinajstić information content (AvgIpc) is 3.20. The van der Waals surface area contributed by atoms with Crippen LogP contribution >= 0.6 is 0 Å². The summed E-state index contributed by atoms with van der Waals surface area (Å²) in [5.74, 6) is 0.720. The summed E-state index contributed by atoms with van der Waals surface area (Å²) >= 11 is 0. The Labute approximate surface area is 115 Å². The Morgan fingerprint density at radius 1 is 1.26 bits per heavy atom. The van der Waals surface area contributed by atoms with Crippen molar-refractivity contribution < 1.29 is 4.79 Å². The zero-order chi connectivity index (χ0) is 13.2. The fourth-order valence-corrected chi connectivity index (χ4v) is 3.19. The van der Waals surface area contributed by atoms with Crippen molar-refractivity contribution in [3.63, 3.8) is 0 Å². The molecule has 3 heteroatoms. The standard InChI is InChI=1S/C16H24N2O/c1-17-11-5-8-15(17)12-18(14-9-10-14)16(19)13-6-3-2-4-7-13/h5,8,11,13-14H,2-4,6-7,9-10,12H2,1H3. The SMILES string of the molecule is Cn1cccc1CN(C(=O)C1CCCCC1)C1CC1. The summed E-state index contributed by atoms with van der Waals surface area (Å²) in [5, 5.41) is 0. The molecule has 104 valence electrons. The van der Waals surface area contributed by atoms with Gasteiger partial charge in [-0.05, 0) is 37.8 Å². The van der Waals surface area contributed by atoms with Crippen molar-refractivity contribution >= 4 is 5.91 Å². The fraction of sp³-hybridized carbons (Fsp3) is 0.688. The molecule has 1 amide bonds. The zero-order valence-corrected chi connectivity index (χ0v) is 11.8. The smallest absolute Gasteiger partial charge is 0.226 e. The number of carbonyl (C=O) groups excluding carboxylic acids is 1. The molecule has 1 heterocycles. The Hall–Kier alpha value is -1.25. The van der Waals surface area contributed by atoms with Crippen molar-refractivity contribution in [1.29, 1.82) is 0 Å². The molecule has 2 aliphatic rings. The first-order chi connectivity index (χ1) is 9.25. The van der Waals surface area contributed by atoms with Gasteiger partial charge >= 0.3 is 0 Å². The van der Waals surface area contributed by atoms with Crippen molar-refractivity contribution in [3.05, 3.63) is 24.0 Å². The van der Waals surface area contributed by atoms with Crippen LogP contribution in [-0.4, -0.2) is 21.4 Å². The van der Waals surface area contributed by atoms with E-state index in [0.29, 0.717) is 17.9 Å². The van der Waals surface area contributed by atoms with Crippen molar-refractivity contribution in [1.82, 2.24) is 9.47 Å². The van der Waals surface area contributed by atoms with Gasteiger partial charge in [0.1, 0.15) is 0 Å². The second kappa shape index (κ2) is 5.40. The van der Waals surface area contributed by atoms with Gasteiger partial charge in [0.2, 0.25) is 5.91 Å². The van der Waals surface area contributed by atoms with E-state index >= 15 is 0 Å². The van der Waals surface area contributed by atoms with E-state index in [9.17, 15) is 4.79 Å². The molecule has 0 aromatic carbocycles. The first-order valence-corrected chi connectivity index (χ1v) is 7.66. The maximum atomic E-state index is 12.7. The summed E-state index contributed by atoms with van der Waals surface area (Å²) in [6.45, 7) is 0.795. The van der Waals surface area contributed by atoms with Crippen molar-refractivity contribution in [2.24, 2.45) is 13.0 Å². The van der Waals surface area contributed by atoms with Crippen LogP contribution in [0.5, 0.6) is 0 Å². The fourth-order valence-electron chi connectivity index (χ4n) is 3.19. The van der Waals surface area contributed by atoms with Gasteiger partial charge in [0, 0.05) is 30.9 Å². The lowest BCUT2D eigenvalue weighted by Gasteiger charge is -2.29. The number of amides is 1. The highest BCUT2D eigenvalue weighted by Crippen LogP contribution is 2.33. The molecule has 3 rings (SSSR count). The predicted octanol–water partition coefficient (Wildman–Crippen LogP) is 3.10. The van der Waals surface area contributed by atoms with Gasteiger partial charge in [-0.15, -0.1) is 0 Å². The number of aryl methyl sites for hydroxylation is 1. The van der Waals surface area contributed by atoms with E-state index in [0.717, 1.165) is 19.4 Å². The molecule has 1 aromatic rings. The van der Waals surface area contributed by atoms with Gasteiger partial charge in [-0.1, -0.05) is 19.3 Å². The van der Waals surface area contributed by atoms with Crippen LogP contribution in [0.1, 0.15) is 50.6 Å². The molecule has 1 aromatic heterocycles. The quantitative estimate of drug-likeness (QED) is 0.816. The minimum atomic E-state index is 0.301. The molecule has 0 unspecified atom stereocenters. The number of nitrogens with zero attached hydrogens (tertiary/aromatic N) is 2. The van der Waals surface area contributed by atoms with Crippen LogP contribution in [0.2, 0.25) is 0 Å². The summed E-state index contributed by atoms with van der Waals surface area (Å²) < 4.78 is 2.13.